The maximum atomic E-state index is 13.3. The van der Waals surface area contributed by atoms with Crippen molar-refractivity contribution in [1.29, 1.82) is 0 Å². The Hall–Kier alpha value is -3.74. The van der Waals surface area contributed by atoms with E-state index in [9.17, 15) is 9.18 Å². The number of methoxy groups -OCH3 is 1. The van der Waals surface area contributed by atoms with Crippen molar-refractivity contribution in [2.75, 3.05) is 19.2 Å². The van der Waals surface area contributed by atoms with Crippen LogP contribution in [0.15, 0.2) is 66.7 Å². The number of halogens is 1. The Labute approximate surface area is 179 Å². The monoisotopic (exact) mass is 422 g/mol. The minimum Gasteiger partial charge on any atom is -0.495 e. The van der Waals surface area contributed by atoms with E-state index in [1.807, 2.05) is 30.3 Å². The van der Waals surface area contributed by atoms with E-state index in [2.05, 4.69) is 10.6 Å². The maximum Gasteiger partial charge on any atom is 0.319 e. The SMILES string of the molecule is COc1ccccc1NC(=O)NC(Cc1ccc(F)cc1)Cc1ccc2c(c1)OCO2. The molecule has 2 amide bonds. The number of benzene rings is 3. The molecule has 160 valence electrons. The van der Waals surface area contributed by atoms with E-state index in [-0.39, 0.29) is 24.7 Å². The second-order valence-corrected chi connectivity index (χ2v) is 7.22. The number of hydrogen-bond acceptors (Lipinski definition) is 4. The number of para-hydroxylation sites is 2. The number of carbonyl (C=O) groups excluding carboxylic acids is 1. The van der Waals surface area contributed by atoms with Gasteiger partial charge in [-0.05, 0) is 60.4 Å². The predicted octanol–water partition coefficient (Wildman–Crippen LogP) is 4.54. The van der Waals surface area contributed by atoms with Crippen LogP contribution in [-0.4, -0.2) is 26.0 Å². The van der Waals surface area contributed by atoms with Crippen LogP contribution < -0.4 is 24.8 Å². The van der Waals surface area contributed by atoms with E-state index in [1.54, 1.807) is 31.4 Å². The van der Waals surface area contributed by atoms with Crippen molar-refractivity contribution >= 4 is 11.7 Å². The maximum absolute atomic E-state index is 13.3. The summed E-state index contributed by atoms with van der Waals surface area (Å²) in [6.45, 7) is 0.206. The van der Waals surface area contributed by atoms with Crippen molar-refractivity contribution in [2.45, 2.75) is 18.9 Å². The van der Waals surface area contributed by atoms with Gasteiger partial charge in [-0.25, -0.2) is 9.18 Å². The van der Waals surface area contributed by atoms with Gasteiger partial charge in [0.05, 0.1) is 12.8 Å². The molecule has 0 radical (unpaired) electrons. The average molecular weight is 422 g/mol. The average Bonchev–Trinajstić information content (AvgIpc) is 3.23. The molecule has 1 aliphatic heterocycles. The molecular formula is C24H23FN2O4. The highest BCUT2D eigenvalue weighted by atomic mass is 19.1. The highest BCUT2D eigenvalue weighted by Gasteiger charge is 2.18. The number of amides is 2. The second-order valence-electron chi connectivity index (χ2n) is 7.22. The zero-order valence-corrected chi connectivity index (χ0v) is 17.1. The first kappa shape index (κ1) is 20.5. The van der Waals surface area contributed by atoms with E-state index in [4.69, 9.17) is 14.2 Å². The molecule has 0 saturated carbocycles. The highest BCUT2D eigenvalue weighted by Crippen LogP contribution is 2.33. The third-order valence-corrected chi connectivity index (χ3v) is 5.00. The molecule has 2 N–H and O–H groups in total. The summed E-state index contributed by atoms with van der Waals surface area (Å²) in [5.74, 6) is 1.68. The van der Waals surface area contributed by atoms with Crippen molar-refractivity contribution in [3.63, 3.8) is 0 Å². The second kappa shape index (κ2) is 9.38. The zero-order valence-electron chi connectivity index (χ0n) is 17.1. The number of fused-ring (bicyclic) bond motifs is 1. The number of hydrogen-bond donors (Lipinski definition) is 2. The van der Waals surface area contributed by atoms with Gasteiger partial charge in [0.15, 0.2) is 11.5 Å². The van der Waals surface area contributed by atoms with E-state index in [0.29, 0.717) is 35.8 Å². The third-order valence-electron chi connectivity index (χ3n) is 5.00. The largest absolute Gasteiger partial charge is 0.495 e. The number of carbonyl (C=O) groups is 1. The lowest BCUT2D eigenvalue weighted by molar-refractivity contribution is 0.174. The molecule has 7 heteroatoms. The smallest absolute Gasteiger partial charge is 0.319 e. The van der Waals surface area contributed by atoms with Gasteiger partial charge in [-0.2, -0.15) is 0 Å². The standard InChI is InChI=1S/C24H23FN2O4/c1-29-21-5-3-2-4-20(21)27-24(28)26-19(12-16-6-9-18(25)10-7-16)13-17-8-11-22-23(14-17)31-15-30-22/h2-11,14,19H,12-13,15H2,1H3,(H2,26,27,28). The molecule has 0 aromatic heterocycles. The van der Waals surface area contributed by atoms with Crippen molar-refractivity contribution in [3.05, 3.63) is 83.7 Å². The fraction of sp³-hybridized carbons (Fsp3) is 0.208. The third kappa shape index (κ3) is 5.25. The Kier molecular flexibility index (Phi) is 6.21. The normalized spacial score (nSPS) is 12.8. The molecule has 1 unspecified atom stereocenters. The Morgan fingerprint density at radius 1 is 1.00 bits per heavy atom. The highest BCUT2D eigenvalue weighted by molar-refractivity contribution is 5.91. The summed E-state index contributed by atoms with van der Waals surface area (Å²) in [5, 5.41) is 5.86. The number of ether oxygens (including phenoxy) is 3. The zero-order chi connectivity index (χ0) is 21.6. The molecule has 3 aromatic carbocycles. The first-order valence-electron chi connectivity index (χ1n) is 9.94. The quantitative estimate of drug-likeness (QED) is 0.587. The summed E-state index contributed by atoms with van der Waals surface area (Å²) in [5.41, 5.74) is 2.49. The van der Waals surface area contributed by atoms with Crippen LogP contribution in [-0.2, 0) is 12.8 Å². The van der Waals surface area contributed by atoms with Gasteiger partial charge >= 0.3 is 6.03 Å². The van der Waals surface area contributed by atoms with Gasteiger partial charge in [-0.15, -0.1) is 0 Å². The van der Waals surface area contributed by atoms with Crippen LogP contribution in [0.4, 0.5) is 14.9 Å². The van der Waals surface area contributed by atoms with E-state index in [1.165, 1.54) is 12.1 Å². The van der Waals surface area contributed by atoms with Gasteiger partial charge < -0.3 is 24.8 Å². The van der Waals surface area contributed by atoms with Crippen LogP contribution in [0.2, 0.25) is 0 Å². The molecule has 3 aromatic rings. The number of rotatable bonds is 7. The van der Waals surface area contributed by atoms with Crippen LogP contribution in [0.1, 0.15) is 11.1 Å². The van der Waals surface area contributed by atoms with Crippen molar-refractivity contribution < 1.29 is 23.4 Å². The Bertz CT molecular complexity index is 1060. The summed E-state index contributed by atoms with van der Waals surface area (Å²) < 4.78 is 29.4. The summed E-state index contributed by atoms with van der Waals surface area (Å²) in [6, 6.07) is 18.6. The molecule has 1 aliphatic rings. The van der Waals surface area contributed by atoms with Crippen molar-refractivity contribution in [3.8, 4) is 17.2 Å². The van der Waals surface area contributed by atoms with Crippen LogP contribution in [0.5, 0.6) is 17.2 Å². The number of nitrogens with one attached hydrogen (secondary N) is 2. The molecule has 1 heterocycles. The fourth-order valence-electron chi connectivity index (χ4n) is 3.52. The molecule has 0 saturated heterocycles. The molecule has 0 fully saturated rings. The predicted molar refractivity (Wildman–Crippen MR) is 115 cm³/mol. The van der Waals surface area contributed by atoms with Crippen molar-refractivity contribution in [1.82, 2.24) is 5.32 Å². The van der Waals surface area contributed by atoms with Gasteiger partial charge in [-0.3, -0.25) is 0 Å². The molecule has 31 heavy (non-hydrogen) atoms. The lowest BCUT2D eigenvalue weighted by Crippen LogP contribution is -2.40. The minimum atomic E-state index is -0.350. The van der Waals surface area contributed by atoms with Crippen LogP contribution in [0, 0.1) is 5.82 Å². The lowest BCUT2D eigenvalue weighted by atomic mass is 9.98. The van der Waals surface area contributed by atoms with Gasteiger partial charge in [0.25, 0.3) is 0 Å². The van der Waals surface area contributed by atoms with Gasteiger partial charge in [0.1, 0.15) is 11.6 Å². The minimum absolute atomic E-state index is 0.206. The number of urea groups is 1. The molecular weight excluding hydrogens is 399 g/mol. The van der Waals surface area contributed by atoms with E-state index < -0.39 is 0 Å². The summed E-state index contributed by atoms with van der Waals surface area (Å²) in [4.78, 5) is 12.7. The van der Waals surface area contributed by atoms with Crippen LogP contribution >= 0.6 is 0 Å². The topological polar surface area (TPSA) is 68.8 Å². The fourth-order valence-corrected chi connectivity index (χ4v) is 3.52. The van der Waals surface area contributed by atoms with Crippen LogP contribution in [0.25, 0.3) is 0 Å². The Morgan fingerprint density at radius 2 is 1.71 bits per heavy atom. The van der Waals surface area contributed by atoms with E-state index >= 15 is 0 Å². The van der Waals surface area contributed by atoms with Crippen LogP contribution in [0.3, 0.4) is 0 Å². The Morgan fingerprint density at radius 3 is 2.52 bits per heavy atom. The van der Waals surface area contributed by atoms with Crippen molar-refractivity contribution in [2.24, 2.45) is 0 Å². The van der Waals surface area contributed by atoms with E-state index in [0.717, 1.165) is 11.1 Å². The molecule has 4 rings (SSSR count). The lowest BCUT2D eigenvalue weighted by Gasteiger charge is -2.20. The molecule has 0 spiro atoms. The molecule has 1 atom stereocenters. The molecule has 6 nitrogen and oxygen atoms in total. The van der Waals surface area contributed by atoms with Gasteiger partial charge in [-0.1, -0.05) is 30.3 Å². The first-order chi connectivity index (χ1) is 15.1. The van der Waals surface area contributed by atoms with Gasteiger partial charge in [0.2, 0.25) is 6.79 Å². The molecule has 0 bridgehead atoms. The molecule has 0 aliphatic carbocycles. The Balaban J connectivity index is 1.49. The summed E-state index contributed by atoms with van der Waals surface area (Å²) >= 11 is 0. The summed E-state index contributed by atoms with van der Waals surface area (Å²) in [7, 11) is 1.55. The summed E-state index contributed by atoms with van der Waals surface area (Å²) in [6.07, 6.45) is 1.10. The number of anilines is 1. The first-order valence-corrected chi connectivity index (χ1v) is 9.94. The van der Waals surface area contributed by atoms with Gasteiger partial charge in [0, 0.05) is 6.04 Å².